The Morgan fingerprint density at radius 1 is 1.29 bits per heavy atom. The maximum absolute atomic E-state index is 12.0. The number of ketones is 1. The molecule has 2 fully saturated rings. The van der Waals surface area contributed by atoms with Gasteiger partial charge in [0.15, 0.2) is 0 Å². The number of hydrogen-bond acceptors (Lipinski definition) is 6. The molecule has 3 aliphatic rings. The Morgan fingerprint density at radius 2 is 2.09 bits per heavy atom. The lowest BCUT2D eigenvalue weighted by Gasteiger charge is -2.25. The molecular formula is C28H38N4O3. The number of carbonyl (C=O) groups excluding carboxylic acids is 1. The first kappa shape index (κ1) is 24.2. The number of hydrogen-bond donors (Lipinski definition) is 2. The van der Waals surface area contributed by atoms with Crippen molar-refractivity contribution in [3.63, 3.8) is 0 Å². The van der Waals surface area contributed by atoms with Gasteiger partial charge < -0.3 is 15.2 Å². The number of aliphatic hydroxyl groups is 1. The van der Waals surface area contributed by atoms with Crippen LogP contribution in [0.3, 0.4) is 0 Å². The van der Waals surface area contributed by atoms with Gasteiger partial charge in [0, 0.05) is 42.7 Å². The summed E-state index contributed by atoms with van der Waals surface area (Å²) in [6, 6.07) is 2.39. The SMILES string of the molecule is COC[C@H](C)Nc1ncc2c(C3=CC(C[C@H]4CC(=O)C(C)C4)C=C3)cc([C@H]3CC[C@H](O)CC3)n2n1. The number of nitrogens with one attached hydrogen (secondary N) is 1. The van der Waals surface area contributed by atoms with E-state index in [2.05, 4.69) is 53.0 Å². The average Bonchev–Trinajstić information content (AvgIpc) is 3.52. The molecule has 5 rings (SSSR count). The summed E-state index contributed by atoms with van der Waals surface area (Å²) in [6.45, 7) is 4.69. The summed E-state index contributed by atoms with van der Waals surface area (Å²) in [4.78, 5) is 16.6. The third kappa shape index (κ3) is 5.21. The van der Waals surface area contributed by atoms with Crippen molar-refractivity contribution in [2.75, 3.05) is 19.0 Å². The Kier molecular flexibility index (Phi) is 7.07. The minimum absolute atomic E-state index is 0.104. The van der Waals surface area contributed by atoms with Crippen LogP contribution in [0, 0.1) is 17.8 Å². The molecule has 3 aliphatic carbocycles. The van der Waals surface area contributed by atoms with Crippen molar-refractivity contribution < 1.29 is 14.6 Å². The van der Waals surface area contributed by atoms with Crippen LogP contribution in [0.2, 0.25) is 0 Å². The van der Waals surface area contributed by atoms with Gasteiger partial charge in [0.25, 0.3) is 0 Å². The van der Waals surface area contributed by atoms with Gasteiger partial charge >= 0.3 is 0 Å². The summed E-state index contributed by atoms with van der Waals surface area (Å²) in [5, 5.41) is 18.3. The Hall–Kier alpha value is -2.51. The smallest absolute Gasteiger partial charge is 0.241 e. The molecule has 0 aliphatic heterocycles. The predicted molar refractivity (Wildman–Crippen MR) is 137 cm³/mol. The maximum atomic E-state index is 12.0. The van der Waals surface area contributed by atoms with Gasteiger partial charge in [-0.15, -0.1) is 5.10 Å². The zero-order chi connectivity index (χ0) is 24.5. The molecule has 2 saturated carbocycles. The van der Waals surface area contributed by atoms with E-state index in [0.29, 0.717) is 36.1 Å². The van der Waals surface area contributed by atoms with Gasteiger partial charge in [-0.2, -0.15) is 0 Å². The normalized spacial score (nSPS) is 29.7. The molecule has 188 valence electrons. The average molecular weight is 479 g/mol. The fraction of sp³-hybridized carbons (Fsp3) is 0.607. The number of anilines is 1. The number of carbonyl (C=O) groups is 1. The molecule has 2 heterocycles. The predicted octanol–water partition coefficient (Wildman–Crippen LogP) is 4.77. The Bertz CT molecular complexity index is 1130. The van der Waals surface area contributed by atoms with Crippen LogP contribution >= 0.6 is 0 Å². The number of aliphatic hydroxyl groups excluding tert-OH is 1. The van der Waals surface area contributed by atoms with Crippen molar-refractivity contribution in [2.24, 2.45) is 17.8 Å². The van der Waals surface area contributed by atoms with Crippen LogP contribution in [0.4, 0.5) is 5.95 Å². The quantitative estimate of drug-likeness (QED) is 0.568. The third-order valence-electron chi connectivity index (χ3n) is 8.01. The van der Waals surface area contributed by atoms with E-state index in [1.807, 2.05) is 6.20 Å². The first-order chi connectivity index (χ1) is 16.9. The molecule has 2 unspecified atom stereocenters. The Labute approximate surface area is 207 Å². The van der Waals surface area contributed by atoms with E-state index in [1.54, 1.807) is 7.11 Å². The molecule has 0 bridgehead atoms. The summed E-state index contributed by atoms with van der Waals surface area (Å²) in [5.41, 5.74) is 4.58. The summed E-state index contributed by atoms with van der Waals surface area (Å²) in [6.07, 6.45) is 15.0. The number of fused-ring (bicyclic) bond motifs is 1. The molecule has 0 aromatic carbocycles. The third-order valence-corrected chi connectivity index (χ3v) is 8.01. The van der Waals surface area contributed by atoms with Gasteiger partial charge in [0.05, 0.1) is 24.4 Å². The Morgan fingerprint density at radius 3 is 2.80 bits per heavy atom. The number of methoxy groups -OCH3 is 1. The van der Waals surface area contributed by atoms with Crippen LogP contribution in [-0.4, -0.2) is 51.4 Å². The van der Waals surface area contributed by atoms with Crippen molar-refractivity contribution in [3.8, 4) is 0 Å². The zero-order valence-electron chi connectivity index (χ0n) is 21.1. The summed E-state index contributed by atoms with van der Waals surface area (Å²) in [7, 11) is 1.69. The van der Waals surface area contributed by atoms with E-state index in [9.17, 15) is 9.90 Å². The zero-order valence-corrected chi connectivity index (χ0v) is 21.1. The molecule has 2 aromatic rings. The van der Waals surface area contributed by atoms with Gasteiger partial charge in [-0.25, -0.2) is 9.50 Å². The second kappa shape index (κ2) is 10.2. The minimum atomic E-state index is -0.190. The van der Waals surface area contributed by atoms with Crippen molar-refractivity contribution in [2.45, 2.75) is 76.9 Å². The van der Waals surface area contributed by atoms with E-state index in [0.717, 1.165) is 56.0 Å². The highest BCUT2D eigenvalue weighted by atomic mass is 16.5. The highest BCUT2D eigenvalue weighted by Crippen LogP contribution is 2.40. The fourth-order valence-corrected chi connectivity index (χ4v) is 6.15. The molecule has 2 aromatic heterocycles. The first-order valence-corrected chi connectivity index (χ1v) is 13.2. The molecule has 4 atom stereocenters. The largest absolute Gasteiger partial charge is 0.393 e. The molecule has 7 nitrogen and oxygen atoms in total. The molecular weight excluding hydrogens is 440 g/mol. The lowest BCUT2D eigenvalue weighted by atomic mass is 9.85. The van der Waals surface area contributed by atoms with Gasteiger partial charge in [-0.05, 0) is 68.9 Å². The molecule has 2 N–H and O–H groups in total. The standard InChI is InChI=1S/C28H38N4O3/c1-17-10-20(13-27(17)34)11-19-4-5-22(12-19)24-14-25(21-6-8-23(33)9-7-21)32-26(24)15-29-28(31-32)30-18(2)16-35-3/h4-5,12,14-15,17-21,23,33H,6-11,13,16H2,1-3H3,(H,30,31)/t17?,18-,19?,20-,21-,23-/m0/s1. The van der Waals surface area contributed by atoms with Crippen LogP contribution < -0.4 is 5.32 Å². The molecule has 0 amide bonds. The topological polar surface area (TPSA) is 88.8 Å². The van der Waals surface area contributed by atoms with E-state index in [4.69, 9.17) is 9.84 Å². The second-order valence-corrected chi connectivity index (χ2v) is 10.9. The summed E-state index contributed by atoms with van der Waals surface area (Å²) < 4.78 is 7.31. The van der Waals surface area contributed by atoms with Crippen LogP contribution in [-0.2, 0) is 9.53 Å². The highest BCUT2D eigenvalue weighted by molar-refractivity contribution is 5.86. The Balaban J connectivity index is 1.43. The van der Waals surface area contributed by atoms with Crippen LogP contribution in [0.1, 0.15) is 76.0 Å². The fourth-order valence-electron chi connectivity index (χ4n) is 6.15. The molecule has 0 radical (unpaired) electrons. The van der Waals surface area contributed by atoms with Crippen molar-refractivity contribution >= 4 is 22.8 Å². The lowest BCUT2D eigenvalue weighted by Crippen LogP contribution is -2.23. The van der Waals surface area contributed by atoms with E-state index in [1.165, 1.54) is 11.3 Å². The monoisotopic (exact) mass is 478 g/mol. The van der Waals surface area contributed by atoms with E-state index < -0.39 is 0 Å². The van der Waals surface area contributed by atoms with Crippen molar-refractivity contribution in [1.29, 1.82) is 0 Å². The molecule has 0 saturated heterocycles. The minimum Gasteiger partial charge on any atom is -0.393 e. The molecule has 35 heavy (non-hydrogen) atoms. The number of ether oxygens (including phenoxy) is 1. The highest BCUT2D eigenvalue weighted by Gasteiger charge is 2.31. The van der Waals surface area contributed by atoms with Gasteiger partial charge in [0.2, 0.25) is 5.95 Å². The van der Waals surface area contributed by atoms with Gasteiger partial charge in [-0.3, -0.25) is 4.79 Å². The number of allylic oxidation sites excluding steroid dienone is 4. The number of rotatable bonds is 8. The summed E-state index contributed by atoms with van der Waals surface area (Å²) >= 11 is 0. The van der Waals surface area contributed by atoms with Crippen LogP contribution in [0.25, 0.3) is 11.1 Å². The van der Waals surface area contributed by atoms with Crippen LogP contribution in [0.15, 0.2) is 30.5 Å². The lowest BCUT2D eigenvalue weighted by molar-refractivity contribution is -0.120. The molecule has 0 spiro atoms. The van der Waals surface area contributed by atoms with Crippen LogP contribution in [0.5, 0.6) is 0 Å². The van der Waals surface area contributed by atoms with Crippen molar-refractivity contribution in [3.05, 3.63) is 41.7 Å². The molecule has 7 heteroatoms. The van der Waals surface area contributed by atoms with Crippen molar-refractivity contribution in [1.82, 2.24) is 14.6 Å². The number of aromatic nitrogens is 3. The van der Waals surface area contributed by atoms with Gasteiger partial charge in [-0.1, -0.05) is 25.2 Å². The number of Topliss-reactive ketones (excluding diaryl/α,β-unsaturated/α-hetero) is 1. The number of nitrogens with zero attached hydrogens (tertiary/aromatic N) is 3. The van der Waals surface area contributed by atoms with E-state index >= 15 is 0 Å². The second-order valence-electron chi connectivity index (χ2n) is 10.9. The van der Waals surface area contributed by atoms with E-state index in [-0.39, 0.29) is 18.1 Å². The first-order valence-electron chi connectivity index (χ1n) is 13.2. The maximum Gasteiger partial charge on any atom is 0.241 e. The van der Waals surface area contributed by atoms with Gasteiger partial charge in [0.1, 0.15) is 5.78 Å². The summed E-state index contributed by atoms with van der Waals surface area (Å²) in [5.74, 6) is 2.45.